The smallest absolute Gasteiger partial charge is 0.304 e. The molecule has 1 aliphatic carbocycles. The van der Waals surface area contributed by atoms with Crippen LogP contribution in [0.5, 0.6) is 11.5 Å². The van der Waals surface area contributed by atoms with Crippen LogP contribution in [0.2, 0.25) is 0 Å². The molecule has 1 fully saturated rings. The van der Waals surface area contributed by atoms with Crippen molar-refractivity contribution in [3.05, 3.63) is 35.4 Å². The molecule has 386 valence electrons. The SMILES string of the molecule is CCN(CC)c1cc(Nc2nc(Nc3cc(N(CC)CC)c(OC)cc3N)nc(SC3CCCCC3)n2)c(N)cc1OC.Cc1c(S(=O)(=O)O)sc2nsc(N)c12.Cc1c(S(=O)(=O)O)sc2nsc(N)c12. The summed E-state index contributed by atoms with van der Waals surface area (Å²) in [6.45, 7) is 15.0. The Morgan fingerprint density at radius 2 is 1.06 bits per heavy atom. The minimum absolute atomic E-state index is 0.0745. The number of benzene rings is 2. The van der Waals surface area contributed by atoms with E-state index in [2.05, 4.69) is 56.9 Å². The van der Waals surface area contributed by atoms with E-state index in [-0.39, 0.29) is 8.42 Å². The Balaban J connectivity index is 0.000000236. The molecule has 0 amide bonds. The molecule has 1 aliphatic rings. The molecule has 0 aliphatic heterocycles. The first-order valence-corrected chi connectivity index (χ1v) is 29.2. The lowest BCUT2D eigenvalue weighted by molar-refractivity contribution is 0.414. The van der Waals surface area contributed by atoms with Gasteiger partial charge in [-0.1, -0.05) is 53.7 Å². The summed E-state index contributed by atoms with van der Waals surface area (Å²) < 4.78 is 80.6. The van der Waals surface area contributed by atoms with Gasteiger partial charge in [0.1, 0.15) is 31.2 Å². The van der Waals surface area contributed by atoms with E-state index in [0.717, 1.165) is 108 Å². The molecule has 5 heterocycles. The Kier molecular flexibility index (Phi) is 18.3. The maximum Gasteiger partial charge on any atom is 0.304 e. The lowest BCUT2D eigenvalue weighted by Crippen LogP contribution is -2.22. The van der Waals surface area contributed by atoms with Gasteiger partial charge in [-0.25, -0.2) is 0 Å². The lowest BCUT2D eigenvalue weighted by atomic mass is 10.0. The van der Waals surface area contributed by atoms with Crippen molar-refractivity contribution in [1.82, 2.24) is 23.7 Å². The number of methoxy groups -OCH3 is 2. The Labute approximate surface area is 433 Å². The first-order valence-electron chi connectivity index (χ1n) is 22.3. The van der Waals surface area contributed by atoms with Crippen molar-refractivity contribution in [2.45, 2.75) is 92.5 Å². The van der Waals surface area contributed by atoms with Crippen LogP contribution < -0.4 is 52.8 Å². The monoisotopic (exact) mass is 1110 g/mol. The van der Waals surface area contributed by atoms with Crippen LogP contribution >= 0.6 is 57.5 Å². The number of anilines is 10. The summed E-state index contributed by atoms with van der Waals surface area (Å²) in [6.07, 6.45) is 6.04. The van der Waals surface area contributed by atoms with Crippen LogP contribution in [-0.2, 0) is 20.2 Å². The summed E-state index contributed by atoms with van der Waals surface area (Å²) in [7, 11) is -5.00. The van der Waals surface area contributed by atoms with Crippen molar-refractivity contribution in [2.24, 2.45) is 0 Å². The number of rotatable bonds is 16. The molecule has 0 bridgehead atoms. The highest BCUT2D eigenvalue weighted by molar-refractivity contribution is 7.99. The van der Waals surface area contributed by atoms with Crippen LogP contribution in [0, 0.1) is 13.8 Å². The minimum atomic E-state index is -4.15. The maximum absolute atomic E-state index is 10.9. The molecule has 28 heteroatoms. The molecule has 7 aromatic rings. The van der Waals surface area contributed by atoms with E-state index in [1.54, 1.807) is 39.8 Å². The zero-order valence-corrected chi connectivity index (χ0v) is 46.1. The molecule has 0 unspecified atom stereocenters. The number of thiophene rings is 2. The van der Waals surface area contributed by atoms with Gasteiger partial charge in [0.05, 0.1) is 59.1 Å². The number of fused-ring (bicyclic) bond motifs is 2. The van der Waals surface area contributed by atoms with E-state index in [0.29, 0.717) is 86.6 Å². The highest BCUT2D eigenvalue weighted by Crippen LogP contribution is 2.42. The second-order valence-corrected chi connectivity index (χ2v) is 24.0. The van der Waals surface area contributed by atoms with E-state index in [1.807, 2.05) is 24.3 Å². The first kappa shape index (κ1) is 55.1. The molecule has 8 rings (SSSR count). The average Bonchev–Trinajstić information content (AvgIpc) is 4.09. The molecular formula is C43H59N13O8S7. The van der Waals surface area contributed by atoms with Crippen molar-refractivity contribution in [3.63, 3.8) is 0 Å². The lowest BCUT2D eigenvalue weighted by Gasteiger charge is -2.25. The third-order valence-electron chi connectivity index (χ3n) is 11.4. The Morgan fingerprint density at radius 1 is 0.662 bits per heavy atom. The maximum atomic E-state index is 10.9. The summed E-state index contributed by atoms with van der Waals surface area (Å²) in [5.74, 6) is 2.23. The van der Waals surface area contributed by atoms with Crippen LogP contribution in [0.1, 0.15) is 70.9 Å². The van der Waals surface area contributed by atoms with Crippen molar-refractivity contribution in [1.29, 1.82) is 0 Å². The Bertz CT molecular complexity index is 3000. The summed E-state index contributed by atoms with van der Waals surface area (Å²) in [4.78, 5) is 19.9. The molecule has 1 saturated carbocycles. The van der Waals surface area contributed by atoms with Crippen LogP contribution in [0.25, 0.3) is 20.4 Å². The molecule has 2 aromatic carbocycles. The van der Waals surface area contributed by atoms with E-state index >= 15 is 0 Å². The van der Waals surface area contributed by atoms with E-state index in [1.165, 1.54) is 19.3 Å². The largest absolute Gasteiger partial charge is 0.495 e. The molecule has 0 saturated heterocycles. The number of nitrogens with two attached hydrogens (primary N) is 4. The number of thioether (sulfide) groups is 1. The fourth-order valence-electron chi connectivity index (χ4n) is 7.86. The van der Waals surface area contributed by atoms with Gasteiger partial charge in [-0.2, -0.15) is 40.5 Å². The van der Waals surface area contributed by atoms with Crippen LogP contribution in [0.4, 0.5) is 56.0 Å². The van der Waals surface area contributed by atoms with Gasteiger partial charge in [-0.3, -0.25) is 9.11 Å². The van der Waals surface area contributed by atoms with Gasteiger partial charge in [0.15, 0.2) is 13.6 Å². The standard InChI is InChI=1S/C31H47N9O2S.2C6H6N2O3S3/c1-7-39(8-2)25-18-23(21(32)16-27(25)41-5)34-29-36-30(38-31(37-29)43-20-14-12-11-13-15-20)35-24-19-26(40(9-3)10-4)28(42-6)17-22(24)33;2*1-2-3-4(7)13-8-5(3)12-6(2)14(9,10)11/h16-20H,7-15,32-33H2,1-6H3,(H2,34,35,36,37,38);2*7H2,1H3,(H,9,10,11). The Hall–Kier alpha value is -5.20. The molecular weight excluding hydrogens is 1050 g/mol. The van der Waals surface area contributed by atoms with Gasteiger partial charge in [0.2, 0.25) is 11.9 Å². The normalized spacial score (nSPS) is 13.0. The zero-order valence-electron chi connectivity index (χ0n) is 40.4. The topological polar surface area (TPSA) is 326 Å². The van der Waals surface area contributed by atoms with Crippen molar-refractivity contribution < 1.29 is 35.4 Å². The van der Waals surface area contributed by atoms with Gasteiger partial charge >= 0.3 is 20.2 Å². The van der Waals surface area contributed by atoms with E-state index < -0.39 is 20.2 Å². The number of hydrogen-bond donors (Lipinski definition) is 8. The third-order valence-corrected chi connectivity index (χ3v) is 19.5. The summed E-state index contributed by atoms with van der Waals surface area (Å²) in [6, 6.07) is 7.65. The minimum Gasteiger partial charge on any atom is -0.495 e. The zero-order chi connectivity index (χ0) is 51.9. The van der Waals surface area contributed by atoms with Gasteiger partial charge in [-0.05, 0) is 101 Å². The van der Waals surface area contributed by atoms with Crippen LogP contribution in [0.3, 0.4) is 0 Å². The molecule has 21 nitrogen and oxygen atoms in total. The van der Waals surface area contributed by atoms with Gasteiger partial charge in [0.25, 0.3) is 0 Å². The number of ether oxygens (including phenoxy) is 2. The van der Waals surface area contributed by atoms with Crippen LogP contribution in [0.15, 0.2) is 37.8 Å². The molecule has 5 aromatic heterocycles. The molecule has 0 spiro atoms. The highest BCUT2D eigenvalue weighted by Gasteiger charge is 2.25. The van der Waals surface area contributed by atoms with Gasteiger partial charge in [0, 0.05) is 43.6 Å². The number of nitrogens with one attached hydrogen (secondary N) is 2. The predicted octanol–water partition coefficient (Wildman–Crippen LogP) is 9.65. The van der Waals surface area contributed by atoms with Crippen molar-refractivity contribution in [2.75, 3.05) is 83.8 Å². The summed E-state index contributed by atoms with van der Waals surface area (Å²) in [5, 5.41) is 10.1. The first-order chi connectivity index (χ1) is 33.6. The molecule has 0 atom stereocenters. The molecule has 12 N–H and O–H groups in total. The molecule has 71 heavy (non-hydrogen) atoms. The summed E-state index contributed by atoms with van der Waals surface area (Å²) >= 11 is 5.81. The number of nitrogen functional groups attached to an aromatic ring is 4. The number of hydrogen-bond acceptors (Lipinski definition) is 24. The predicted molar refractivity (Wildman–Crippen MR) is 294 cm³/mol. The van der Waals surface area contributed by atoms with Crippen molar-refractivity contribution >= 4 is 154 Å². The van der Waals surface area contributed by atoms with E-state index in [4.69, 9.17) is 56.5 Å². The highest BCUT2D eigenvalue weighted by atomic mass is 32.3. The fourth-order valence-corrected chi connectivity index (χ4v) is 14.8. The van der Waals surface area contributed by atoms with Gasteiger partial charge in [-0.15, -0.1) is 0 Å². The number of aryl methyl sites for hydroxylation is 2. The van der Waals surface area contributed by atoms with Gasteiger partial charge < -0.3 is 52.8 Å². The van der Waals surface area contributed by atoms with E-state index in [9.17, 15) is 16.8 Å². The molecule has 0 radical (unpaired) electrons. The quantitative estimate of drug-likeness (QED) is 0.0329. The average molecular weight is 1110 g/mol. The van der Waals surface area contributed by atoms with Crippen molar-refractivity contribution in [3.8, 4) is 11.5 Å². The second kappa shape index (κ2) is 23.6. The Morgan fingerprint density at radius 3 is 1.39 bits per heavy atom. The third kappa shape index (κ3) is 12.9. The fraction of sp³-hybridized carbons (Fsp3) is 0.419. The number of aromatic nitrogens is 5. The summed E-state index contributed by atoms with van der Waals surface area (Å²) in [5.41, 5.74) is 29.5. The number of nitrogens with zero attached hydrogens (tertiary/aromatic N) is 7. The second-order valence-electron chi connectivity index (χ2n) is 15.9. The van der Waals surface area contributed by atoms with Crippen LogP contribution in [-0.4, -0.2) is 95.3 Å².